The first-order valence-electron chi connectivity index (χ1n) is 15.3. The number of aliphatic hydroxyl groups excluding tert-OH is 1. The Balaban J connectivity index is 1.19. The Hall–Kier alpha value is -5.70. The Morgan fingerprint density at radius 3 is 2.43 bits per heavy atom. The number of nitrogens with zero attached hydrogens (tertiary/aromatic N) is 7. The number of hydrogen-bond acceptors (Lipinski definition) is 7. The van der Waals surface area contributed by atoms with Crippen molar-refractivity contribution >= 4 is 22.7 Å². The highest BCUT2D eigenvalue weighted by molar-refractivity contribution is 5.83. The molecule has 1 aliphatic carbocycles. The molecule has 0 fully saturated rings. The van der Waals surface area contributed by atoms with Crippen LogP contribution in [0.3, 0.4) is 0 Å². The molecule has 0 radical (unpaired) electrons. The van der Waals surface area contributed by atoms with E-state index >= 15 is 0 Å². The van der Waals surface area contributed by atoms with Crippen molar-refractivity contribution in [3.63, 3.8) is 0 Å². The molecule has 0 aliphatic heterocycles. The zero-order chi connectivity index (χ0) is 31.3. The molecule has 2 aromatic heterocycles. The summed E-state index contributed by atoms with van der Waals surface area (Å²) in [6.45, 7) is 0.417. The van der Waals surface area contributed by atoms with Crippen LogP contribution in [0.5, 0.6) is 11.8 Å². The van der Waals surface area contributed by atoms with Gasteiger partial charge in [-0.3, -0.25) is 0 Å². The fraction of sp³-hybridized carbons (Fsp3) is 0.194. The molecule has 2 heterocycles. The van der Waals surface area contributed by atoms with Gasteiger partial charge < -0.3 is 19.7 Å². The SMILES string of the molecule is [N-]=[N+]=Nc1ccc(C[C@@H](CO)Nc2nc(Oc3ccc4c(c3)CCC4)nc3c2ncn3Cc2ccc(-c3ccccc3)cc2)cc1. The third kappa shape index (κ3) is 6.39. The fourth-order valence-electron chi connectivity index (χ4n) is 5.92. The zero-order valence-corrected chi connectivity index (χ0v) is 25.1. The molecule has 1 atom stereocenters. The fourth-order valence-corrected chi connectivity index (χ4v) is 5.92. The normalized spacial score (nSPS) is 12.8. The summed E-state index contributed by atoms with van der Waals surface area (Å²) >= 11 is 0. The van der Waals surface area contributed by atoms with Crippen molar-refractivity contribution in [2.75, 3.05) is 11.9 Å². The highest BCUT2D eigenvalue weighted by Crippen LogP contribution is 2.30. The van der Waals surface area contributed by atoms with Gasteiger partial charge in [-0.15, -0.1) is 0 Å². The Morgan fingerprint density at radius 2 is 1.65 bits per heavy atom. The topological polar surface area (TPSA) is 134 Å². The van der Waals surface area contributed by atoms with E-state index in [0.29, 0.717) is 41.4 Å². The number of nitrogens with one attached hydrogen (secondary N) is 1. The van der Waals surface area contributed by atoms with Crippen LogP contribution in [0.1, 0.15) is 28.7 Å². The molecular weight excluding hydrogens is 576 g/mol. The smallest absolute Gasteiger partial charge is 0.326 e. The standard InChI is InChI=1S/C36H32N8O2/c37-43-42-30-16-11-24(12-17-30)19-31(22-45)39-34-33-35(41-36(40-34)46-32-18-15-27-7-4-8-29(27)20-32)44(23-38-33)21-25-9-13-28(14-10-25)26-5-2-1-3-6-26/h1-3,5-6,9-18,20,23,31,45H,4,7-8,19,21-22H2,(H,39,40,41)/t31-/m0/s1. The van der Waals surface area contributed by atoms with Crippen LogP contribution in [0.2, 0.25) is 0 Å². The van der Waals surface area contributed by atoms with Gasteiger partial charge in [0, 0.05) is 10.6 Å². The molecule has 0 saturated carbocycles. The first-order valence-corrected chi connectivity index (χ1v) is 15.3. The van der Waals surface area contributed by atoms with Crippen LogP contribution in [0.15, 0.2) is 109 Å². The van der Waals surface area contributed by atoms with Crippen molar-refractivity contribution in [1.82, 2.24) is 19.5 Å². The van der Waals surface area contributed by atoms with Crippen molar-refractivity contribution < 1.29 is 9.84 Å². The largest absolute Gasteiger partial charge is 0.424 e. The molecule has 10 nitrogen and oxygen atoms in total. The lowest BCUT2D eigenvalue weighted by Gasteiger charge is -2.18. The molecule has 4 aromatic carbocycles. The van der Waals surface area contributed by atoms with Crippen LogP contribution in [0, 0.1) is 0 Å². The lowest BCUT2D eigenvalue weighted by atomic mass is 10.0. The van der Waals surface area contributed by atoms with Gasteiger partial charge in [0.15, 0.2) is 17.0 Å². The number of fused-ring (bicyclic) bond motifs is 2. The van der Waals surface area contributed by atoms with Crippen molar-refractivity contribution in [2.24, 2.45) is 5.11 Å². The van der Waals surface area contributed by atoms with E-state index < -0.39 is 0 Å². The number of hydrogen-bond donors (Lipinski definition) is 2. The molecule has 7 rings (SSSR count). The van der Waals surface area contributed by atoms with Crippen LogP contribution in [-0.4, -0.2) is 37.3 Å². The van der Waals surface area contributed by atoms with Gasteiger partial charge in [-0.1, -0.05) is 90.0 Å². The van der Waals surface area contributed by atoms with E-state index in [-0.39, 0.29) is 18.7 Å². The molecular formula is C36H32N8O2. The summed E-state index contributed by atoms with van der Waals surface area (Å²) in [6.07, 6.45) is 5.55. The molecule has 0 spiro atoms. The first kappa shape index (κ1) is 29.0. The Kier molecular flexibility index (Phi) is 8.28. The number of aliphatic hydroxyl groups is 1. The highest BCUT2D eigenvalue weighted by Gasteiger charge is 2.19. The number of rotatable bonds is 11. The average Bonchev–Trinajstić information content (AvgIpc) is 3.73. The lowest BCUT2D eigenvalue weighted by Crippen LogP contribution is -2.27. The molecule has 0 bridgehead atoms. The maximum absolute atomic E-state index is 10.3. The number of imidazole rings is 1. The van der Waals surface area contributed by atoms with Gasteiger partial charge in [0.1, 0.15) is 5.75 Å². The maximum atomic E-state index is 10.3. The van der Waals surface area contributed by atoms with Crippen molar-refractivity contribution in [3.8, 4) is 22.9 Å². The van der Waals surface area contributed by atoms with Crippen molar-refractivity contribution in [2.45, 2.75) is 38.3 Å². The Bertz CT molecular complexity index is 2020. The van der Waals surface area contributed by atoms with E-state index in [2.05, 4.69) is 63.9 Å². The minimum absolute atomic E-state index is 0.140. The summed E-state index contributed by atoms with van der Waals surface area (Å²) in [5.41, 5.74) is 17.5. The quantitative estimate of drug-likeness (QED) is 0.0876. The minimum atomic E-state index is -0.369. The molecule has 0 unspecified atom stereocenters. The van der Waals surface area contributed by atoms with Crippen LogP contribution in [0.25, 0.3) is 32.7 Å². The van der Waals surface area contributed by atoms with E-state index in [1.165, 1.54) is 16.7 Å². The summed E-state index contributed by atoms with van der Waals surface area (Å²) < 4.78 is 8.24. The van der Waals surface area contributed by atoms with Crippen molar-refractivity contribution in [3.05, 3.63) is 136 Å². The molecule has 228 valence electrons. The summed E-state index contributed by atoms with van der Waals surface area (Å²) in [5, 5.41) is 17.4. The van der Waals surface area contributed by atoms with Crippen molar-refractivity contribution in [1.29, 1.82) is 0 Å². The van der Waals surface area contributed by atoms with Crippen LogP contribution < -0.4 is 10.1 Å². The van der Waals surface area contributed by atoms with Gasteiger partial charge >= 0.3 is 6.01 Å². The second kappa shape index (κ2) is 13.1. The third-order valence-electron chi connectivity index (χ3n) is 8.28. The van der Waals surface area contributed by atoms with Gasteiger partial charge in [0.2, 0.25) is 0 Å². The van der Waals surface area contributed by atoms with E-state index in [1.54, 1.807) is 18.5 Å². The molecule has 6 aromatic rings. The van der Waals surface area contributed by atoms with E-state index in [4.69, 9.17) is 25.2 Å². The summed E-state index contributed by atoms with van der Waals surface area (Å²) in [7, 11) is 0. The van der Waals surface area contributed by atoms with Crippen LogP contribution in [0.4, 0.5) is 11.5 Å². The van der Waals surface area contributed by atoms with Crippen LogP contribution in [-0.2, 0) is 25.8 Å². The maximum Gasteiger partial charge on any atom is 0.326 e. The van der Waals surface area contributed by atoms with Crippen LogP contribution >= 0.6 is 0 Å². The first-order chi connectivity index (χ1) is 22.6. The summed E-state index contributed by atoms with van der Waals surface area (Å²) in [6, 6.07) is 32.0. The molecule has 0 saturated heterocycles. The van der Waals surface area contributed by atoms with Gasteiger partial charge in [0.25, 0.3) is 0 Å². The Labute approximate surface area is 266 Å². The highest BCUT2D eigenvalue weighted by atomic mass is 16.5. The van der Waals surface area contributed by atoms with E-state index in [0.717, 1.165) is 36.0 Å². The summed E-state index contributed by atoms with van der Waals surface area (Å²) in [4.78, 5) is 17.1. The summed E-state index contributed by atoms with van der Waals surface area (Å²) in [5.74, 6) is 1.16. The molecule has 2 N–H and O–H groups in total. The van der Waals surface area contributed by atoms with Gasteiger partial charge in [-0.05, 0) is 76.7 Å². The second-order valence-corrected chi connectivity index (χ2v) is 11.4. The number of anilines is 1. The lowest BCUT2D eigenvalue weighted by molar-refractivity contribution is 0.273. The third-order valence-corrected chi connectivity index (χ3v) is 8.28. The predicted octanol–water partition coefficient (Wildman–Crippen LogP) is 7.78. The van der Waals surface area contributed by atoms with E-state index in [1.807, 2.05) is 41.0 Å². The Morgan fingerprint density at radius 1 is 0.891 bits per heavy atom. The zero-order valence-electron chi connectivity index (χ0n) is 25.1. The molecule has 1 aliphatic rings. The molecule has 10 heteroatoms. The number of aryl methyl sites for hydroxylation is 2. The molecule has 0 amide bonds. The van der Waals surface area contributed by atoms with Gasteiger partial charge in [-0.2, -0.15) is 9.97 Å². The van der Waals surface area contributed by atoms with Gasteiger partial charge in [-0.25, -0.2) is 4.98 Å². The van der Waals surface area contributed by atoms with Gasteiger partial charge in [0.05, 0.1) is 25.5 Å². The molecule has 46 heavy (non-hydrogen) atoms. The van der Waals surface area contributed by atoms with E-state index in [9.17, 15) is 5.11 Å². The number of azide groups is 1. The predicted molar refractivity (Wildman–Crippen MR) is 178 cm³/mol. The second-order valence-electron chi connectivity index (χ2n) is 11.4. The number of ether oxygens (including phenoxy) is 1. The average molecular weight is 609 g/mol. The number of aromatic nitrogens is 4. The monoisotopic (exact) mass is 608 g/mol. The minimum Gasteiger partial charge on any atom is -0.424 e. The number of benzene rings is 4.